The molecule has 0 aromatic carbocycles. The molecule has 1 saturated carbocycles. The van der Waals surface area contributed by atoms with Crippen molar-refractivity contribution in [3.05, 3.63) is 0 Å². The zero-order valence-electron chi connectivity index (χ0n) is 11.0. The minimum Gasteiger partial charge on any atom is -0.380 e. The molecule has 0 radical (unpaired) electrons. The van der Waals surface area contributed by atoms with Crippen molar-refractivity contribution in [1.82, 2.24) is 10.2 Å². The molecule has 1 N–H and O–H groups in total. The fraction of sp³-hybridized carbons (Fsp3) is 1.00. The van der Waals surface area contributed by atoms with Gasteiger partial charge in [0.2, 0.25) is 0 Å². The van der Waals surface area contributed by atoms with Crippen LogP contribution in [0.3, 0.4) is 0 Å². The molecule has 3 rings (SSSR count). The summed E-state index contributed by atoms with van der Waals surface area (Å²) >= 11 is 0. The van der Waals surface area contributed by atoms with Crippen molar-refractivity contribution in [1.29, 1.82) is 0 Å². The Kier molecular flexibility index (Phi) is 3.69. The van der Waals surface area contributed by atoms with E-state index in [1.165, 1.54) is 38.8 Å². The van der Waals surface area contributed by atoms with Gasteiger partial charge in [0.15, 0.2) is 0 Å². The third kappa shape index (κ3) is 2.38. The number of likely N-dealkylation sites (N-methyl/N-ethyl adjacent to an activating group) is 1. The maximum Gasteiger partial charge on any atom is 0.0637 e. The topological polar surface area (TPSA) is 24.5 Å². The van der Waals surface area contributed by atoms with Gasteiger partial charge in [0.1, 0.15) is 0 Å². The van der Waals surface area contributed by atoms with Crippen molar-refractivity contribution in [2.45, 2.75) is 44.7 Å². The molecule has 4 atom stereocenters. The van der Waals surface area contributed by atoms with Gasteiger partial charge in [0, 0.05) is 31.8 Å². The summed E-state index contributed by atoms with van der Waals surface area (Å²) in [5.41, 5.74) is 0. The molecule has 3 nitrogen and oxygen atoms in total. The predicted octanol–water partition coefficient (Wildman–Crippen LogP) is 1.49. The van der Waals surface area contributed by atoms with Crippen LogP contribution in [-0.2, 0) is 4.74 Å². The number of nitrogens with one attached hydrogen (secondary N) is 1. The highest BCUT2D eigenvalue weighted by Crippen LogP contribution is 2.39. The summed E-state index contributed by atoms with van der Waals surface area (Å²) in [7, 11) is 0. The Morgan fingerprint density at radius 2 is 1.94 bits per heavy atom. The first-order valence-corrected chi connectivity index (χ1v) is 7.43. The second kappa shape index (κ2) is 5.25. The van der Waals surface area contributed by atoms with Crippen LogP contribution >= 0.6 is 0 Å². The normalized spacial score (nSPS) is 42.9. The number of likely N-dealkylation sites (tertiary alicyclic amines) is 1. The lowest BCUT2D eigenvalue weighted by Gasteiger charge is -2.38. The molecule has 1 aliphatic carbocycles. The molecule has 2 heterocycles. The molecule has 3 aliphatic rings. The Labute approximate surface area is 105 Å². The van der Waals surface area contributed by atoms with Gasteiger partial charge in [-0.15, -0.1) is 0 Å². The van der Waals surface area contributed by atoms with Gasteiger partial charge in [0.25, 0.3) is 0 Å². The smallest absolute Gasteiger partial charge is 0.0637 e. The van der Waals surface area contributed by atoms with Gasteiger partial charge >= 0.3 is 0 Å². The van der Waals surface area contributed by atoms with Crippen LogP contribution in [0.15, 0.2) is 0 Å². The average molecular weight is 238 g/mol. The van der Waals surface area contributed by atoms with Crippen molar-refractivity contribution in [2.24, 2.45) is 11.8 Å². The number of rotatable bonds is 3. The number of hydrogen-bond acceptors (Lipinski definition) is 3. The Hall–Kier alpha value is -0.120. The quantitative estimate of drug-likeness (QED) is 0.806. The predicted molar refractivity (Wildman–Crippen MR) is 69.1 cm³/mol. The Morgan fingerprint density at radius 1 is 1.18 bits per heavy atom. The minimum absolute atomic E-state index is 0.634. The highest BCUT2D eigenvalue weighted by Gasteiger charge is 2.41. The molecule has 2 aliphatic heterocycles. The summed E-state index contributed by atoms with van der Waals surface area (Å²) in [6.45, 7) is 7.85. The first-order valence-electron chi connectivity index (χ1n) is 7.43. The molecular weight excluding hydrogens is 212 g/mol. The number of ether oxygens (including phenoxy) is 1. The van der Waals surface area contributed by atoms with E-state index >= 15 is 0 Å². The van der Waals surface area contributed by atoms with E-state index in [1.807, 2.05) is 0 Å². The van der Waals surface area contributed by atoms with Gasteiger partial charge in [0.05, 0.1) is 6.61 Å². The van der Waals surface area contributed by atoms with Crippen LogP contribution < -0.4 is 5.32 Å². The van der Waals surface area contributed by atoms with Crippen LogP contribution in [0.4, 0.5) is 0 Å². The van der Waals surface area contributed by atoms with Crippen LogP contribution in [-0.4, -0.2) is 49.8 Å². The molecule has 4 unspecified atom stereocenters. The first kappa shape index (κ1) is 11.9. The van der Waals surface area contributed by atoms with Gasteiger partial charge < -0.3 is 10.1 Å². The van der Waals surface area contributed by atoms with Crippen LogP contribution in [0.5, 0.6) is 0 Å². The van der Waals surface area contributed by atoms with E-state index < -0.39 is 0 Å². The third-order valence-electron chi connectivity index (χ3n) is 5.02. The van der Waals surface area contributed by atoms with Gasteiger partial charge in [-0.3, -0.25) is 4.90 Å². The maximum absolute atomic E-state index is 5.71. The third-order valence-corrected chi connectivity index (χ3v) is 5.02. The summed E-state index contributed by atoms with van der Waals surface area (Å²) in [4.78, 5) is 2.72. The highest BCUT2D eigenvalue weighted by atomic mass is 16.5. The number of hydrogen-bond donors (Lipinski definition) is 1. The average Bonchev–Trinajstić information content (AvgIpc) is 2.90. The van der Waals surface area contributed by atoms with Crippen molar-refractivity contribution < 1.29 is 4.74 Å². The largest absolute Gasteiger partial charge is 0.380 e. The summed E-state index contributed by atoms with van der Waals surface area (Å²) in [6.07, 6.45) is 5.60. The zero-order chi connectivity index (χ0) is 11.7. The fourth-order valence-corrected chi connectivity index (χ4v) is 4.13. The molecule has 98 valence electrons. The standard InChI is InChI=1S/C14H26N2O/c1-2-15-13-6-7-17-10-14(13)16-8-11-4-3-5-12(11)9-16/h11-15H,2-10H2,1H3. The summed E-state index contributed by atoms with van der Waals surface area (Å²) in [6, 6.07) is 1.29. The Balaban J connectivity index is 1.62. The van der Waals surface area contributed by atoms with Crippen LogP contribution in [0, 0.1) is 11.8 Å². The van der Waals surface area contributed by atoms with E-state index in [2.05, 4.69) is 17.1 Å². The number of nitrogens with zero attached hydrogens (tertiary/aromatic N) is 1. The summed E-state index contributed by atoms with van der Waals surface area (Å²) < 4.78 is 5.71. The van der Waals surface area contributed by atoms with Gasteiger partial charge in [-0.1, -0.05) is 13.3 Å². The van der Waals surface area contributed by atoms with Crippen molar-refractivity contribution in [3.63, 3.8) is 0 Å². The first-order chi connectivity index (χ1) is 8.38. The molecular formula is C14H26N2O. The minimum atomic E-state index is 0.634. The van der Waals surface area contributed by atoms with Crippen LogP contribution in [0.2, 0.25) is 0 Å². The van der Waals surface area contributed by atoms with E-state index in [9.17, 15) is 0 Å². The molecule has 3 fully saturated rings. The van der Waals surface area contributed by atoms with E-state index in [1.54, 1.807) is 0 Å². The molecule has 0 aromatic heterocycles. The highest BCUT2D eigenvalue weighted by molar-refractivity contribution is 4.95. The molecule has 0 aromatic rings. The Morgan fingerprint density at radius 3 is 2.65 bits per heavy atom. The SMILES string of the molecule is CCNC1CCOCC1N1CC2CCCC2C1. The van der Waals surface area contributed by atoms with Crippen LogP contribution in [0.1, 0.15) is 32.6 Å². The van der Waals surface area contributed by atoms with Gasteiger partial charge in [-0.2, -0.15) is 0 Å². The van der Waals surface area contributed by atoms with Crippen molar-refractivity contribution in [3.8, 4) is 0 Å². The lowest BCUT2D eigenvalue weighted by Crippen LogP contribution is -2.54. The van der Waals surface area contributed by atoms with Crippen molar-refractivity contribution in [2.75, 3.05) is 32.8 Å². The van der Waals surface area contributed by atoms with Gasteiger partial charge in [-0.25, -0.2) is 0 Å². The molecule has 3 heteroatoms. The monoisotopic (exact) mass is 238 g/mol. The molecule has 0 amide bonds. The van der Waals surface area contributed by atoms with Crippen LogP contribution in [0.25, 0.3) is 0 Å². The maximum atomic E-state index is 5.71. The molecule has 17 heavy (non-hydrogen) atoms. The summed E-state index contributed by atoms with van der Waals surface area (Å²) in [5.74, 6) is 2.00. The van der Waals surface area contributed by atoms with Gasteiger partial charge in [-0.05, 0) is 37.6 Å². The van der Waals surface area contributed by atoms with E-state index in [0.717, 1.165) is 31.6 Å². The van der Waals surface area contributed by atoms with Crippen molar-refractivity contribution >= 4 is 0 Å². The lowest BCUT2D eigenvalue weighted by molar-refractivity contribution is 0.00293. The molecule has 2 saturated heterocycles. The molecule has 0 bridgehead atoms. The second-order valence-electron chi connectivity index (χ2n) is 6.00. The second-order valence-corrected chi connectivity index (χ2v) is 6.00. The lowest BCUT2D eigenvalue weighted by atomic mass is 10.0. The van der Waals surface area contributed by atoms with E-state index in [0.29, 0.717) is 12.1 Å². The summed E-state index contributed by atoms with van der Waals surface area (Å²) in [5, 5.41) is 3.66. The number of fused-ring (bicyclic) bond motifs is 1. The zero-order valence-corrected chi connectivity index (χ0v) is 11.0. The van der Waals surface area contributed by atoms with E-state index in [4.69, 9.17) is 4.74 Å². The Bertz CT molecular complexity index is 245. The van der Waals surface area contributed by atoms with E-state index in [-0.39, 0.29) is 0 Å². The molecule has 0 spiro atoms. The fourth-order valence-electron chi connectivity index (χ4n) is 4.13.